The van der Waals surface area contributed by atoms with Crippen LogP contribution in [0.15, 0.2) is 29.3 Å². The summed E-state index contributed by atoms with van der Waals surface area (Å²) in [4.78, 5) is 11.9. The Kier molecular flexibility index (Phi) is 4.04. The lowest BCUT2D eigenvalue weighted by atomic mass is 10.3. The number of benzene rings is 1. The van der Waals surface area contributed by atoms with E-state index >= 15 is 0 Å². The van der Waals surface area contributed by atoms with Crippen LogP contribution in [-0.2, 0) is 9.05 Å². The van der Waals surface area contributed by atoms with Crippen molar-refractivity contribution >= 4 is 54.5 Å². The van der Waals surface area contributed by atoms with Gasteiger partial charge in [0, 0.05) is 10.7 Å². The molecule has 10 heteroatoms. The summed E-state index contributed by atoms with van der Waals surface area (Å²) in [6.07, 6.45) is 1.31. The van der Waals surface area contributed by atoms with Gasteiger partial charge in [0.25, 0.3) is 15.0 Å². The lowest BCUT2D eigenvalue weighted by Gasteiger charge is -2.06. The number of nitrogens with zero attached hydrogens (tertiary/aromatic N) is 2. The first kappa shape index (κ1) is 14.2. The molecule has 19 heavy (non-hydrogen) atoms. The van der Waals surface area contributed by atoms with Crippen molar-refractivity contribution in [3.63, 3.8) is 0 Å². The summed E-state index contributed by atoms with van der Waals surface area (Å²) in [6, 6.07) is 3.75. The Balaban J connectivity index is 2.25. The van der Waals surface area contributed by atoms with Gasteiger partial charge in [-0.2, -0.15) is 0 Å². The third-order valence-electron chi connectivity index (χ3n) is 2.06. The van der Waals surface area contributed by atoms with Crippen LogP contribution in [0.3, 0.4) is 0 Å². The molecule has 0 saturated carbocycles. The lowest BCUT2D eigenvalue weighted by Crippen LogP contribution is -2.10. The molecular formula is C9H5Cl2N3O3S2. The predicted octanol–water partition coefficient (Wildman–Crippen LogP) is 2.37. The second kappa shape index (κ2) is 5.41. The van der Waals surface area contributed by atoms with Gasteiger partial charge in [-0.3, -0.25) is 4.79 Å². The van der Waals surface area contributed by atoms with Gasteiger partial charge < -0.3 is 5.32 Å². The molecule has 0 fully saturated rings. The summed E-state index contributed by atoms with van der Waals surface area (Å²) in [7, 11) is 1.32. The molecule has 0 spiro atoms. The van der Waals surface area contributed by atoms with Crippen LogP contribution in [0.1, 0.15) is 9.67 Å². The zero-order chi connectivity index (χ0) is 14.0. The van der Waals surface area contributed by atoms with Crippen LogP contribution in [0.25, 0.3) is 0 Å². The standard InChI is InChI=1S/C9H5Cl2N3O3S2/c10-6-3-5(19(11,16)17)1-2-7(6)13-9(15)8-4-12-14-18-8/h1-4H,(H,13,15). The molecule has 0 aliphatic rings. The normalized spacial score (nSPS) is 11.3. The molecule has 0 atom stereocenters. The topological polar surface area (TPSA) is 89.0 Å². The van der Waals surface area contributed by atoms with E-state index in [4.69, 9.17) is 22.3 Å². The maximum Gasteiger partial charge on any atom is 0.269 e. The molecule has 0 aliphatic heterocycles. The van der Waals surface area contributed by atoms with E-state index in [-0.39, 0.29) is 15.6 Å². The predicted molar refractivity (Wildman–Crippen MR) is 72.4 cm³/mol. The van der Waals surface area contributed by atoms with Gasteiger partial charge >= 0.3 is 0 Å². The number of hydrogen-bond acceptors (Lipinski definition) is 6. The van der Waals surface area contributed by atoms with Gasteiger partial charge in [0.15, 0.2) is 0 Å². The van der Waals surface area contributed by atoms with E-state index in [1.165, 1.54) is 18.3 Å². The Morgan fingerprint density at radius 1 is 1.37 bits per heavy atom. The molecule has 6 nitrogen and oxygen atoms in total. The Morgan fingerprint density at radius 3 is 2.63 bits per heavy atom. The Hall–Kier alpha value is -1.22. The number of nitrogens with one attached hydrogen (secondary N) is 1. The largest absolute Gasteiger partial charge is 0.320 e. The fourth-order valence-electron chi connectivity index (χ4n) is 1.20. The molecule has 1 heterocycles. The van der Waals surface area contributed by atoms with Gasteiger partial charge in [-0.15, -0.1) is 5.10 Å². The van der Waals surface area contributed by atoms with E-state index in [0.29, 0.717) is 4.88 Å². The first-order valence-corrected chi connectivity index (χ1v) is 8.17. The van der Waals surface area contributed by atoms with Gasteiger partial charge in [-0.05, 0) is 29.7 Å². The highest BCUT2D eigenvalue weighted by atomic mass is 35.7. The van der Waals surface area contributed by atoms with Crippen molar-refractivity contribution in [1.29, 1.82) is 0 Å². The summed E-state index contributed by atoms with van der Waals surface area (Å²) in [5.74, 6) is -0.432. The number of halogens is 2. The first-order valence-electron chi connectivity index (χ1n) is 4.71. The molecule has 100 valence electrons. The number of carbonyl (C=O) groups excluding carboxylic acids is 1. The Labute approximate surface area is 121 Å². The maximum absolute atomic E-state index is 11.7. The minimum Gasteiger partial charge on any atom is -0.320 e. The Morgan fingerprint density at radius 2 is 2.11 bits per heavy atom. The van der Waals surface area contributed by atoms with Crippen molar-refractivity contribution in [2.45, 2.75) is 4.90 Å². The minimum atomic E-state index is -3.86. The fraction of sp³-hybridized carbons (Fsp3) is 0. The molecule has 1 aromatic heterocycles. The molecule has 0 radical (unpaired) electrons. The van der Waals surface area contributed by atoms with Gasteiger partial charge in [0.1, 0.15) is 4.88 Å². The van der Waals surface area contributed by atoms with Crippen LogP contribution in [-0.4, -0.2) is 23.9 Å². The third kappa shape index (κ3) is 3.41. The number of hydrogen-bond donors (Lipinski definition) is 1. The number of carbonyl (C=O) groups is 1. The zero-order valence-corrected chi connectivity index (χ0v) is 12.1. The number of anilines is 1. The average Bonchev–Trinajstić information content (AvgIpc) is 2.84. The molecule has 1 amide bonds. The van der Waals surface area contributed by atoms with Crippen molar-refractivity contribution in [3.05, 3.63) is 34.3 Å². The smallest absolute Gasteiger partial charge is 0.269 e. The van der Waals surface area contributed by atoms with Crippen LogP contribution in [0.4, 0.5) is 5.69 Å². The van der Waals surface area contributed by atoms with Crippen molar-refractivity contribution in [2.24, 2.45) is 0 Å². The molecule has 0 aliphatic carbocycles. The molecule has 0 unspecified atom stereocenters. The highest BCUT2D eigenvalue weighted by Gasteiger charge is 2.15. The molecule has 2 aromatic rings. The molecule has 2 rings (SSSR count). The second-order valence-corrected chi connectivity index (χ2v) is 7.07. The van der Waals surface area contributed by atoms with E-state index in [9.17, 15) is 13.2 Å². The van der Waals surface area contributed by atoms with Crippen LogP contribution >= 0.6 is 33.8 Å². The number of amides is 1. The summed E-state index contributed by atoms with van der Waals surface area (Å²) in [5.41, 5.74) is 0.268. The van der Waals surface area contributed by atoms with Crippen molar-refractivity contribution in [2.75, 3.05) is 5.32 Å². The van der Waals surface area contributed by atoms with Gasteiger partial charge in [0.2, 0.25) is 0 Å². The van der Waals surface area contributed by atoms with Crippen LogP contribution in [0.2, 0.25) is 5.02 Å². The summed E-state index contributed by atoms with van der Waals surface area (Å²) in [6.45, 7) is 0. The molecule has 1 aromatic carbocycles. The lowest BCUT2D eigenvalue weighted by molar-refractivity contribution is 0.103. The quantitative estimate of drug-likeness (QED) is 0.868. The van der Waals surface area contributed by atoms with Crippen molar-refractivity contribution in [3.8, 4) is 0 Å². The van der Waals surface area contributed by atoms with E-state index in [2.05, 4.69) is 14.9 Å². The zero-order valence-electron chi connectivity index (χ0n) is 9.00. The highest BCUT2D eigenvalue weighted by molar-refractivity contribution is 8.13. The van der Waals surface area contributed by atoms with E-state index in [1.807, 2.05) is 0 Å². The monoisotopic (exact) mass is 337 g/mol. The van der Waals surface area contributed by atoms with E-state index in [1.54, 1.807) is 0 Å². The molecule has 0 bridgehead atoms. The fourth-order valence-corrected chi connectivity index (χ4v) is 2.68. The van der Waals surface area contributed by atoms with Crippen molar-refractivity contribution in [1.82, 2.24) is 9.59 Å². The van der Waals surface area contributed by atoms with Gasteiger partial charge in [-0.25, -0.2) is 8.42 Å². The SMILES string of the molecule is O=C(Nc1ccc(S(=O)(=O)Cl)cc1Cl)c1cnns1. The first-order chi connectivity index (χ1) is 8.88. The van der Waals surface area contributed by atoms with Crippen molar-refractivity contribution < 1.29 is 13.2 Å². The number of aromatic nitrogens is 2. The summed E-state index contributed by atoms with van der Waals surface area (Å²) < 4.78 is 25.8. The summed E-state index contributed by atoms with van der Waals surface area (Å²) >= 11 is 6.81. The average molecular weight is 338 g/mol. The summed E-state index contributed by atoms with van der Waals surface area (Å²) in [5, 5.41) is 6.11. The van der Waals surface area contributed by atoms with Crippen LogP contribution in [0.5, 0.6) is 0 Å². The maximum atomic E-state index is 11.7. The van der Waals surface area contributed by atoms with Gasteiger partial charge in [0.05, 0.1) is 21.8 Å². The molecule has 0 saturated heterocycles. The highest BCUT2D eigenvalue weighted by Crippen LogP contribution is 2.27. The third-order valence-corrected chi connectivity index (χ3v) is 4.38. The van der Waals surface area contributed by atoms with Crippen LogP contribution < -0.4 is 5.32 Å². The molecule has 1 N–H and O–H groups in total. The minimum absolute atomic E-state index is 0.0625. The van der Waals surface area contributed by atoms with E-state index in [0.717, 1.165) is 17.6 Å². The van der Waals surface area contributed by atoms with E-state index < -0.39 is 15.0 Å². The number of rotatable bonds is 3. The molecular weight excluding hydrogens is 333 g/mol. The second-order valence-electron chi connectivity index (χ2n) is 3.32. The van der Waals surface area contributed by atoms with Gasteiger partial charge in [-0.1, -0.05) is 16.1 Å². The Bertz CT molecular complexity index is 716. The van der Waals surface area contributed by atoms with Crippen LogP contribution in [0, 0.1) is 0 Å².